The van der Waals surface area contributed by atoms with E-state index in [0.717, 1.165) is 65.7 Å². The molecule has 1 atom stereocenters. The van der Waals surface area contributed by atoms with Gasteiger partial charge in [-0.2, -0.15) is 0 Å². The van der Waals surface area contributed by atoms with Gasteiger partial charge in [0.1, 0.15) is 18.0 Å². The molecule has 1 aliphatic rings. The Morgan fingerprint density at radius 2 is 1.72 bits per heavy atom. The van der Waals surface area contributed by atoms with Crippen LogP contribution in [0.3, 0.4) is 0 Å². The second-order valence-electron chi connectivity index (χ2n) is 9.16. The molecule has 1 N–H and O–H groups in total. The van der Waals surface area contributed by atoms with Gasteiger partial charge in [-0.05, 0) is 41.4 Å². The van der Waals surface area contributed by atoms with Crippen molar-refractivity contribution in [3.8, 4) is 10.4 Å². The van der Waals surface area contributed by atoms with E-state index in [9.17, 15) is 4.39 Å². The summed E-state index contributed by atoms with van der Waals surface area (Å²) in [6, 6.07) is 17.3. The molecular formula is C28H32FN5OS. The summed E-state index contributed by atoms with van der Waals surface area (Å²) >= 11 is 1.67. The molecule has 0 spiro atoms. The van der Waals surface area contributed by atoms with Crippen LogP contribution >= 0.6 is 11.3 Å². The fourth-order valence-corrected chi connectivity index (χ4v) is 5.71. The minimum atomic E-state index is -0.257. The minimum absolute atomic E-state index is 0.155. The first kappa shape index (κ1) is 24.8. The number of aromatic nitrogens is 2. The van der Waals surface area contributed by atoms with Crippen LogP contribution in [0.15, 0.2) is 60.9 Å². The van der Waals surface area contributed by atoms with Gasteiger partial charge in [0.15, 0.2) is 0 Å². The molecule has 0 amide bonds. The first-order chi connectivity index (χ1) is 17.6. The highest BCUT2D eigenvalue weighted by Gasteiger charge is 2.18. The van der Waals surface area contributed by atoms with Gasteiger partial charge in [0.05, 0.1) is 22.9 Å². The number of ether oxygens (including phenoxy) is 1. The van der Waals surface area contributed by atoms with E-state index >= 15 is 0 Å². The van der Waals surface area contributed by atoms with Crippen LogP contribution in [-0.2, 0) is 11.3 Å². The highest BCUT2D eigenvalue weighted by atomic mass is 32.1. The van der Waals surface area contributed by atoms with Gasteiger partial charge < -0.3 is 15.0 Å². The lowest BCUT2D eigenvalue weighted by molar-refractivity contribution is 0.132. The van der Waals surface area contributed by atoms with Crippen LogP contribution < -0.4 is 5.32 Å². The van der Waals surface area contributed by atoms with E-state index in [2.05, 4.69) is 62.3 Å². The molecule has 0 aliphatic carbocycles. The molecule has 1 unspecified atom stereocenters. The van der Waals surface area contributed by atoms with Crippen LogP contribution in [0.25, 0.3) is 20.7 Å². The molecule has 1 fully saturated rings. The van der Waals surface area contributed by atoms with Gasteiger partial charge in [-0.25, -0.2) is 14.4 Å². The third kappa shape index (κ3) is 5.73. The number of methoxy groups -OCH3 is 1. The average Bonchev–Trinajstić information content (AvgIpc) is 3.35. The fourth-order valence-electron chi connectivity index (χ4n) is 4.64. The standard InChI is InChI=1S/C28H32FN5OS/c1-3-33-12-14-34(15-13-33)17-20-4-6-22(7-5-20)26-16-24-27(36-26)28(31-19-30-24)32-25(18-35-2)21-8-10-23(29)11-9-21/h4-11,16,19,25H,3,12-15,17-18H2,1-2H3,(H,30,31,32). The minimum Gasteiger partial charge on any atom is -0.382 e. The zero-order valence-electron chi connectivity index (χ0n) is 20.8. The zero-order chi connectivity index (χ0) is 24.9. The van der Waals surface area contributed by atoms with Crippen molar-refractivity contribution in [3.05, 3.63) is 77.9 Å². The van der Waals surface area contributed by atoms with Crippen molar-refractivity contribution in [3.63, 3.8) is 0 Å². The predicted molar refractivity (Wildman–Crippen MR) is 145 cm³/mol. The van der Waals surface area contributed by atoms with Crippen molar-refractivity contribution in [1.29, 1.82) is 0 Å². The summed E-state index contributed by atoms with van der Waals surface area (Å²) in [5.41, 5.74) is 4.36. The lowest BCUT2D eigenvalue weighted by Crippen LogP contribution is -2.45. The lowest BCUT2D eigenvalue weighted by Gasteiger charge is -2.34. The molecule has 2 aromatic carbocycles. The second-order valence-corrected chi connectivity index (χ2v) is 10.2. The summed E-state index contributed by atoms with van der Waals surface area (Å²) in [4.78, 5) is 15.2. The van der Waals surface area contributed by atoms with Gasteiger partial charge in [-0.15, -0.1) is 11.3 Å². The summed E-state index contributed by atoms with van der Waals surface area (Å²) < 4.78 is 19.8. The Morgan fingerprint density at radius 1 is 1.00 bits per heavy atom. The number of hydrogen-bond acceptors (Lipinski definition) is 7. The van der Waals surface area contributed by atoms with Crippen molar-refractivity contribution in [2.45, 2.75) is 19.5 Å². The number of piperazine rings is 1. The van der Waals surface area contributed by atoms with Crippen molar-refractivity contribution < 1.29 is 9.13 Å². The first-order valence-electron chi connectivity index (χ1n) is 12.4. The molecule has 4 aromatic rings. The van der Waals surface area contributed by atoms with Crippen molar-refractivity contribution in [2.24, 2.45) is 0 Å². The second kappa shape index (κ2) is 11.4. The first-order valence-corrected chi connectivity index (χ1v) is 13.2. The SMILES string of the molecule is CCN1CCN(Cc2ccc(-c3cc4ncnc(NC(COC)c5ccc(F)cc5)c4s3)cc2)CC1. The van der Waals surface area contributed by atoms with Gasteiger partial charge >= 0.3 is 0 Å². The Labute approximate surface area is 215 Å². The predicted octanol–water partition coefficient (Wildman–Crippen LogP) is 5.43. The molecule has 0 bridgehead atoms. The molecule has 0 saturated carbocycles. The molecule has 5 rings (SSSR count). The van der Waals surface area contributed by atoms with E-state index in [4.69, 9.17) is 4.74 Å². The Bertz CT molecular complexity index is 1270. The maximum atomic E-state index is 13.4. The molecule has 2 aromatic heterocycles. The number of likely N-dealkylation sites (N-methyl/N-ethyl adjacent to an activating group) is 1. The largest absolute Gasteiger partial charge is 0.382 e. The number of nitrogens with one attached hydrogen (secondary N) is 1. The monoisotopic (exact) mass is 505 g/mol. The molecular weight excluding hydrogens is 473 g/mol. The quantitative estimate of drug-likeness (QED) is 0.327. The van der Waals surface area contributed by atoms with Crippen molar-refractivity contribution in [1.82, 2.24) is 19.8 Å². The molecule has 8 heteroatoms. The van der Waals surface area contributed by atoms with Crippen molar-refractivity contribution >= 4 is 27.4 Å². The van der Waals surface area contributed by atoms with E-state index in [0.29, 0.717) is 6.61 Å². The Balaban J connectivity index is 1.32. The number of rotatable bonds is 9. The summed E-state index contributed by atoms with van der Waals surface area (Å²) in [7, 11) is 1.66. The molecule has 36 heavy (non-hydrogen) atoms. The molecule has 188 valence electrons. The van der Waals surface area contributed by atoms with Gasteiger partial charge in [-0.3, -0.25) is 4.90 Å². The third-order valence-corrected chi connectivity index (χ3v) is 7.96. The van der Waals surface area contributed by atoms with E-state index in [-0.39, 0.29) is 11.9 Å². The maximum Gasteiger partial charge on any atom is 0.148 e. The van der Waals surface area contributed by atoms with Gasteiger partial charge in [0, 0.05) is 44.7 Å². The van der Waals surface area contributed by atoms with Crippen LogP contribution in [-0.4, -0.2) is 66.2 Å². The summed E-state index contributed by atoms with van der Waals surface area (Å²) in [5.74, 6) is 0.498. The lowest BCUT2D eigenvalue weighted by atomic mass is 10.1. The highest BCUT2D eigenvalue weighted by Crippen LogP contribution is 2.37. The highest BCUT2D eigenvalue weighted by molar-refractivity contribution is 7.22. The molecule has 6 nitrogen and oxygen atoms in total. The summed E-state index contributed by atoms with van der Waals surface area (Å²) in [5, 5.41) is 3.49. The smallest absolute Gasteiger partial charge is 0.148 e. The van der Waals surface area contributed by atoms with Crippen molar-refractivity contribution in [2.75, 3.05) is 51.8 Å². The number of anilines is 1. The molecule has 3 heterocycles. The molecule has 1 aliphatic heterocycles. The number of hydrogen-bond donors (Lipinski definition) is 1. The van der Waals surface area contributed by atoms with Crippen LogP contribution in [0.2, 0.25) is 0 Å². The van der Waals surface area contributed by atoms with Gasteiger partial charge in [-0.1, -0.05) is 43.3 Å². The number of halogens is 1. The third-order valence-electron chi connectivity index (χ3n) is 6.78. The van der Waals surface area contributed by atoms with Gasteiger partial charge in [0.25, 0.3) is 0 Å². The zero-order valence-corrected chi connectivity index (χ0v) is 21.6. The average molecular weight is 506 g/mol. The summed E-state index contributed by atoms with van der Waals surface area (Å²) in [6.45, 7) is 9.36. The van der Waals surface area contributed by atoms with Crippen LogP contribution in [0.1, 0.15) is 24.1 Å². The van der Waals surface area contributed by atoms with Crippen LogP contribution in [0.4, 0.5) is 10.2 Å². The topological polar surface area (TPSA) is 53.5 Å². The summed E-state index contributed by atoms with van der Waals surface area (Å²) in [6.07, 6.45) is 1.58. The number of thiophene rings is 1. The van der Waals surface area contributed by atoms with E-state index in [1.54, 1.807) is 36.9 Å². The van der Waals surface area contributed by atoms with Crippen LogP contribution in [0, 0.1) is 5.82 Å². The van der Waals surface area contributed by atoms with Gasteiger partial charge in [0.2, 0.25) is 0 Å². The number of nitrogens with zero attached hydrogens (tertiary/aromatic N) is 4. The number of fused-ring (bicyclic) bond motifs is 1. The fraction of sp³-hybridized carbons (Fsp3) is 0.357. The Hall–Kier alpha value is -2.91. The molecule has 1 saturated heterocycles. The van der Waals surface area contributed by atoms with Crippen LogP contribution in [0.5, 0.6) is 0 Å². The number of benzene rings is 2. The Morgan fingerprint density at radius 3 is 2.42 bits per heavy atom. The van der Waals surface area contributed by atoms with E-state index in [1.807, 2.05) is 0 Å². The molecule has 0 radical (unpaired) electrons. The van der Waals surface area contributed by atoms with E-state index in [1.165, 1.54) is 23.3 Å². The Kier molecular flexibility index (Phi) is 7.87. The maximum absolute atomic E-state index is 13.4. The normalized spacial score (nSPS) is 15.9. The van der Waals surface area contributed by atoms with E-state index < -0.39 is 0 Å².